The predicted octanol–water partition coefficient (Wildman–Crippen LogP) is 2.96. The lowest BCUT2D eigenvalue weighted by molar-refractivity contribution is -0.122. The Hall–Kier alpha value is -3.26. The second-order valence-corrected chi connectivity index (χ2v) is 7.82. The van der Waals surface area contributed by atoms with E-state index in [0.717, 1.165) is 28.3 Å². The lowest BCUT2D eigenvalue weighted by Gasteiger charge is -2.12. The summed E-state index contributed by atoms with van der Waals surface area (Å²) in [6.07, 6.45) is 0. The van der Waals surface area contributed by atoms with Crippen LogP contribution in [0.3, 0.4) is 0 Å². The molecule has 0 saturated heterocycles. The molecule has 0 bridgehead atoms. The highest BCUT2D eigenvalue weighted by atomic mass is 32.2. The van der Waals surface area contributed by atoms with Crippen LogP contribution in [0, 0.1) is 0 Å². The lowest BCUT2D eigenvalue weighted by Crippen LogP contribution is -2.29. The minimum Gasteiger partial charge on any atom is -0.484 e. The largest absolute Gasteiger partial charge is 0.484 e. The molecule has 0 radical (unpaired) electrons. The summed E-state index contributed by atoms with van der Waals surface area (Å²) in [4.78, 5) is 24.9. The van der Waals surface area contributed by atoms with Gasteiger partial charge >= 0.3 is 0 Å². The summed E-state index contributed by atoms with van der Waals surface area (Å²) < 4.78 is 7.09. The summed E-state index contributed by atoms with van der Waals surface area (Å²) in [5.41, 5.74) is 2.91. The number of rotatable bonds is 8. The third-order valence-electron chi connectivity index (χ3n) is 4.62. The van der Waals surface area contributed by atoms with Gasteiger partial charge in [-0.15, -0.1) is 0 Å². The van der Waals surface area contributed by atoms with E-state index in [1.54, 1.807) is 28.6 Å². The molecular formula is C22H22N4O3S. The molecule has 0 spiro atoms. The molecule has 2 N–H and O–H groups in total. The molecule has 1 aromatic heterocycles. The van der Waals surface area contributed by atoms with E-state index >= 15 is 0 Å². The number of benzene rings is 2. The van der Waals surface area contributed by atoms with Crippen LogP contribution in [0.5, 0.6) is 5.75 Å². The van der Waals surface area contributed by atoms with Crippen molar-refractivity contribution in [1.82, 2.24) is 15.1 Å². The van der Waals surface area contributed by atoms with Gasteiger partial charge in [0, 0.05) is 23.6 Å². The van der Waals surface area contributed by atoms with Gasteiger partial charge in [0.05, 0.1) is 5.69 Å². The monoisotopic (exact) mass is 422 g/mol. The molecule has 4 rings (SSSR count). The van der Waals surface area contributed by atoms with Crippen LogP contribution in [-0.2, 0) is 34.2 Å². The molecule has 0 fully saturated rings. The molecule has 2 heterocycles. The van der Waals surface area contributed by atoms with Crippen LogP contribution < -0.4 is 15.4 Å². The Morgan fingerprint density at radius 1 is 1.00 bits per heavy atom. The van der Waals surface area contributed by atoms with Crippen molar-refractivity contribution in [3.8, 4) is 5.75 Å². The van der Waals surface area contributed by atoms with Gasteiger partial charge in [0.15, 0.2) is 6.61 Å². The van der Waals surface area contributed by atoms with Gasteiger partial charge in [0.1, 0.15) is 18.1 Å². The van der Waals surface area contributed by atoms with Crippen molar-refractivity contribution < 1.29 is 14.3 Å². The van der Waals surface area contributed by atoms with E-state index in [0.29, 0.717) is 18.1 Å². The van der Waals surface area contributed by atoms with Gasteiger partial charge in [-0.05, 0) is 17.7 Å². The van der Waals surface area contributed by atoms with Gasteiger partial charge in [-0.1, -0.05) is 48.5 Å². The topological polar surface area (TPSA) is 85.2 Å². The van der Waals surface area contributed by atoms with Crippen molar-refractivity contribution in [1.29, 1.82) is 0 Å². The third kappa shape index (κ3) is 5.01. The number of thioether (sulfide) groups is 1. The number of carbonyl (C=O) groups excluding carboxylic acids is 2. The van der Waals surface area contributed by atoms with E-state index in [9.17, 15) is 9.59 Å². The lowest BCUT2D eigenvalue weighted by atomic mass is 10.2. The van der Waals surface area contributed by atoms with Crippen LogP contribution in [0.1, 0.15) is 16.8 Å². The molecule has 0 aliphatic carbocycles. The maximum absolute atomic E-state index is 12.4. The second kappa shape index (κ2) is 9.49. The zero-order valence-corrected chi connectivity index (χ0v) is 17.2. The number of ether oxygens (including phenoxy) is 1. The van der Waals surface area contributed by atoms with Crippen LogP contribution in [0.2, 0.25) is 0 Å². The molecule has 0 saturated carbocycles. The number of nitrogens with one attached hydrogen (secondary N) is 2. The van der Waals surface area contributed by atoms with Crippen molar-refractivity contribution in [2.45, 2.75) is 24.6 Å². The number of fused-ring (bicyclic) bond motifs is 1. The first kappa shape index (κ1) is 20.0. The number of nitrogens with zero attached hydrogens (tertiary/aromatic N) is 2. The standard InChI is InChI=1S/C22H22N4O3S/c27-20(23-11-16-7-3-1-4-8-16)12-26-22(18-14-30-15-19(18)25-26)24-21(28)13-29-17-9-5-2-6-10-17/h1-10H,11-15H2,(H,23,27)(H,24,28). The Balaban J connectivity index is 1.39. The zero-order chi connectivity index (χ0) is 20.8. The maximum atomic E-state index is 12.4. The van der Waals surface area contributed by atoms with Gasteiger partial charge in [0.2, 0.25) is 5.91 Å². The van der Waals surface area contributed by atoms with E-state index in [1.807, 2.05) is 48.5 Å². The molecular weight excluding hydrogens is 400 g/mol. The first-order chi connectivity index (χ1) is 14.7. The molecule has 7 nitrogen and oxygen atoms in total. The van der Waals surface area contributed by atoms with Crippen molar-refractivity contribution in [2.75, 3.05) is 11.9 Å². The number of anilines is 1. The highest BCUT2D eigenvalue weighted by Crippen LogP contribution is 2.34. The Morgan fingerprint density at radius 3 is 2.50 bits per heavy atom. The van der Waals surface area contributed by atoms with E-state index in [1.165, 1.54) is 0 Å². The number of hydrogen-bond donors (Lipinski definition) is 2. The molecule has 3 aromatic rings. The molecule has 8 heteroatoms. The van der Waals surface area contributed by atoms with Gasteiger partial charge in [-0.2, -0.15) is 16.9 Å². The Morgan fingerprint density at radius 2 is 1.73 bits per heavy atom. The van der Waals surface area contributed by atoms with Gasteiger partial charge < -0.3 is 15.4 Å². The highest BCUT2D eigenvalue weighted by Gasteiger charge is 2.25. The second-order valence-electron chi connectivity index (χ2n) is 6.84. The Bertz CT molecular complexity index is 1020. The smallest absolute Gasteiger partial charge is 0.263 e. The number of carbonyl (C=O) groups is 2. The van der Waals surface area contributed by atoms with Crippen LogP contribution in [0.15, 0.2) is 60.7 Å². The predicted molar refractivity (Wildman–Crippen MR) is 116 cm³/mol. The van der Waals surface area contributed by atoms with Crippen molar-refractivity contribution in [2.24, 2.45) is 0 Å². The van der Waals surface area contributed by atoms with Gasteiger partial charge in [0.25, 0.3) is 5.91 Å². The molecule has 0 atom stereocenters. The van der Waals surface area contributed by atoms with Crippen LogP contribution in [0.25, 0.3) is 0 Å². The molecule has 30 heavy (non-hydrogen) atoms. The van der Waals surface area contributed by atoms with E-state index in [2.05, 4.69) is 15.7 Å². The summed E-state index contributed by atoms with van der Waals surface area (Å²) >= 11 is 1.74. The number of amides is 2. The van der Waals surface area contributed by atoms with E-state index in [4.69, 9.17) is 4.74 Å². The fourth-order valence-electron chi connectivity index (χ4n) is 3.14. The SMILES string of the molecule is O=C(Cn1nc2c(c1NC(=O)COc1ccccc1)CSC2)NCc1ccccc1. The Kier molecular flexibility index (Phi) is 6.34. The van der Waals surface area contributed by atoms with Gasteiger partial charge in [-0.3, -0.25) is 9.59 Å². The minimum absolute atomic E-state index is 0.0413. The zero-order valence-electron chi connectivity index (χ0n) is 16.3. The molecule has 2 amide bonds. The first-order valence-corrected chi connectivity index (χ1v) is 10.8. The molecule has 2 aromatic carbocycles. The summed E-state index contributed by atoms with van der Waals surface area (Å²) in [6.45, 7) is 0.375. The van der Waals surface area contributed by atoms with Gasteiger partial charge in [-0.25, -0.2) is 4.68 Å². The summed E-state index contributed by atoms with van der Waals surface area (Å²) in [5.74, 6) is 2.29. The first-order valence-electron chi connectivity index (χ1n) is 9.63. The van der Waals surface area contributed by atoms with Crippen molar-refractivity contribution in [3.05, 3.63) is 77.5 Å². The minimum atomic E-state index is -0.288. The summed E-state index contributed by atoms with van der Waals surface area (Å²) in [5, 5.41) is 10.3. The fraction of sp³-hybridized carbons (Fsp3) is 0.227. The molecule has 1 aliphatic heterocycles. The molecule has 0 unspecified atom stereocenters. The normalized spacial score (nSPS) is 12.3. The average molecular weight is 423 g/mol. The van der Waals surface area contributed by atoms with Crippen molar-refractivity contribution >= 4 is 29.4 Å². The third-order valence-corrected chi connectivity index (χ3v) is 5.59. The number of hydrogen-bond acceptors (Lipinski definition) is 5. The van der Waals surface area contributed by atoms with E-state index < -0.39 is 0 Å². The molecule has 1 aliphatic rings. The number of para-hydroxylation sites is 1. The fourth-order valence-corrected chi connectivity index (χ4v) is 4.18. The van der Waals surface area contributed by atoms with Crippen LogP contribution in [-0.4, -0.2) is 28.2 Å². The average Bonchev–Trinajstić information content (AvgIpc) is 3.35. The molecule has 154 valence electrons. The summed E-state index contributed by atoms with van der Waals surface area (Å²) in [7, 11) is 0. The quantitative estimate of drug-likeness (QED) is 0.583. The van der Waals surface area contributed by atoms with Crippen LogP contribution >= 0.6 is 11.8 Å². The Labute approximate surface area is 178 Å². The maximum Gasteiger partial charge on any atom is 0.263 e. The highest BCUT2D eigenvalue weighted by molar-refractivity contribution is 7.98. The van der Waals surface area contributed by atoms with Crippen LogP contribution in [0.4, 0.5) is 5.82 Å². The van der Waals surface area contributed by atoms with E-state index in [-0.39, 0.29) is 25.0 Å². The van der Waals surface area contributed by atoms with Crippen molar-refractivity contribution in [3.63, 3.8) is 0 Å². The number of aromatic nitrogens is 2. The summed E-state index contributed by atoms with van der Waals surface area (Å²) in [6, 6.07) is 18.9.